The minimum absolute atomic E-state index is 0.0409. The molecular weight excluding hydrogens is 416 g/mol. The Morgan fingerprint density at radius 2 is 1.94 bits per heavy atom. The molecule has 0 bridgehead atoms. The summed E-state index contributed by atoms with van der Waals surface area (Å²) in [7, 11) is 2.10. The minimum Gasteiger partial charge on any atom is -0.374 e. The van der Waals surface area contributed by atoms with Gasteiger partial charge in [0.1, 0.15) is 6.10 Å². The monoisotopic (exact) mass is 444 g/mol. The summed E-state index contributed by atoms with van der Waals surface area (Å²) >= 11 is 0. The van der Waals surface area contributed by atoms with E-state index in [1.54, 1.807) is 12.4 Å². The van der Waals surface area contributed by atoms with E-state index in [1.165, 1.54) is 11.3 Å². The molecule has 2 aliphatic rings. The highest BCUT2D eigenvalue weighted by atomic mass is 16.5. The van der Waals surface area contributed by atoms with Crippen molar-refractivity contribution in [3.05, 3.63) is 65.2 Å². The van der Waals surface area contributed by atoms with Gasteiger partial charge < -0.3 is 20.3 Å². The van der Waals surface area contributed by atoms with Crippen molar-refractivity contribution in [3.8, 4) is 11.1 Å². The zero-order valence-corrected chi connectivity index (χ0v) is 19.0. The van der Waals surface area contributed by atoms with Gasteiger partial charge in [0, 0.05) is 55.0 Å². The van der Waals surface area contributed by atoms with Crippen LogP contribution in [0.1, 0.15) is 39.8 Å². The number of morpholine rings is 1. The van der Waals surface area contributed by atoms with E-state index in [0.717, 1.165) is 47.5 Å². The van der Waals surface area contributed by atoms with Gasteiger partial charge in [-0.15, -0.1) is 0 Å². The Kier molecular flexibility index (Phi) is 5.68. The maximum Gasteiger partial charge on any atom is 0.254 e. The molecule has 1 amide bonds. The van der Waals surface area contributed by atoms with Crippen LogP contribution in [0.2, 0.25) is 0 Å². The number of aryl methyl sites for hydroxylation is 2. The van der Waals surface area contributed by atoms with E-state index >= 15 is 0 Å². The van der Waals surface area contributed by atoms with E-state index < -0.39 is 0 Å². The van der Waals surface area contributed by atoms with Crippen LogP contribution in [0.25, 0.3) is 11.1 Å². The van der Waals surface area contributed by atoms with Gasteiger partial charge in [-0.2, -0.15) is 0 Å². The van der Waals surface area contributed by atoms with Crippen LogP contribution in [0.3, 0.4) is 0 Å². The van der Waals surface area contributed by atoms with Crippen molar-refractivity contribution >= 4 is 17.5 Å². The van der Waals surface area contributed by atoms with Gasteiger partial charge in [-0.3, -0.25) is 9.78 Å². The molecule has 4 heterocycles. The van der Waals surface area contributed by atoms with Crippen LogP contribution in [0.4, 0.5) is 11.6 Å². The lowest BCUT2D eigenvalue weighted by atomic mass is 9.99. The Labute approximate surface area is 193 Å². The Morgan fingerprint density at radius 1 is 1.12 bits per heavy atom. The first kappa shape index (κ1) is 21.3. The molecule has 33 heavy (non-hydrogen) atoms. The number of aromatic nitrogens is 3. The van der Waals surface area contributed by atoms with Crippen molar-refractivity contribution in [2.45, 2.75) is 25.9 Å². The lowest BCUT2D eigenvalue weighted by Gasteiger charge is -2.33. The number of carbonyl (C=O) groups excluding carboxylic acids is 1. The number of nitrogens with two attached hydrogens (primary N) is 1. The second-order valence-corrected chi connectivity index (χ2v) is 8.73. The Bertz CT molecular complexity index is 1180. The van der Waals surface area contributed by atoms with Crippen LogP contribution in [0.5, 0.6) is 0 Å². The number of nitrogen functional groups attached to an aromatic ring is 1. The average Bonchev–Trinajstić information content (AvgIpc) is 2.83. The van der Waals surface area contributed by atoms with Gasteiger partial charge >= 0.3 is 0 Å². The standard InChI is InChI=1S/C25H28N6O2/c1-16-10-19(20-13-27-25(26)28-14-20)12-21(29-16)23-15-31(8-9-33-23)24(32)18-5-6-22-17(11-18)4-3-7-30(22)2/h5-6,10-14,23H,3-4,7-9,15H2,1-2H3,(H2,26,27,28). The number of pyridine rings is 1. The van der Waals surface area contributed by atoms with Crippen molar-refractivity contribution in [3.63, 3.8) is 0 Å². The van der Waals surface area contributed by atoms with Crippen molar-refractivity contribution in [2.24, 2.45) is 0 Å². The lowest BCUT2D eigenvalue weighted by Crippen LogP contribution is -2.42. The van der Waals surface area contributed by atoms with Gasteiger partial charge in [-0.1, -0.05) is 0 Å². The molecule has 1 saturated heterocycles. The summed E-state index contributed by atoms with van der Waals surface area (Å²) in [4.78, 5) is 30.3. The predicted molar refractivity (Wildman–Crippen MR) is 127 cm³/mol. The van der Waals surface area contributed by atoms with E-state index in [4.69, 9.17) is 15.5 Å². The number of amides is 1. The average molecular weight is 445 g/mol. The number of rotatable bonds is 3. The van der Waals surface area contributed by atoms with Crippen LogP contribution < -0.4 is 10.6 Å². The number of carbonyl (C=O) groups is 1. The highest BCUT2D eigenvalue weighted by Crippen LogP contribution is 2.29. The summed E-state index contributed by atoms with van der Waals surface area (Å²) in [5.74, 6) is 0.280. The molecule has 2 aliphatic heterocycles. The molecule has 3 aromatic rings. The number of hydrogen-bond donors (Lipinski definition) is 1. The van der Waals surface area contributed by atoms with Crippen molar-refractivity contribution in [2.75, 3.05) is 43.9 Å². The van der Waals surface area contributed by atoms with Crippen molar-refractivity contribution in [1.82, 2.24) is 19.9 Å². The number of anilines is 2. The molecule has 2 aromatic heterocycles. The molecule has 2 N–H and O–H groups in total. The molecule has 0 saturated carbocycles. The zero-order valence-electron chi connectivity index (χ0n) is 19.0. The van der Waals surface area contributed by atoms with E-state index in [9.17, 15) is 4.79 Å². The minimum atomic E-state index is -0.292. The predicted octanol–water partition coefficient (Wildman–Crippen LogP) is 3.03. The first-order chi connectivity index (χ1) is 16.0. The Hall–Kier alpha value is -3.52. The zero-order chi connectivity index (χ0) is 22.9. The summed E-state index contributed by atoms with van der Waals surface area (Å²) in [5.41, 5.74) is 12.3. The number of hydrogen-bond acceptors (Lipinski definition) is 7. The summed E-state index contributed by atoms with van der Waals surface area (Å²) < 4.78 is 6.04. The first-order valence-corrected chi connectivity index (χ1v) is 11.3. The molecule has 1 aromatic carbocycles. The number of benzene rings is 1. The Balaban J connectivity index is 1.37. The summed E-state index contributed by atoms with van der Waals surface area (Å²) in [6.45, 7) is 4.50. The second-order valence-electron chi connectivity index (χ2n) is 8.73. The Morgan fingerprint density at radius 3 is 2.76 bits per heavy atom. The van der Waals surface area contributed by atoms with E-state index in [1.807, 2.05) is 30.0 Å². The van der Waals surface area contributed by atoms with Gasteiger partial charge in [0.25, 0.3) is 5.91 Å². The molecule has 1 atom stereocenters. The van der Waals surface area contributed by atoms with Gasteiger partial charge in [0.15, 0.2) is 0 Å². The molecule has 0 aliphatic carbocycles. The van der Waals surface area contributed by atoms with E-state index in [0.29, 0.717) is 19.7 Å². The van der Waals surface area contributed by atoms with Gasteiger partial charge in [-0.05, 0) is 61.2 Å². The molecule has 1 fully saturated rings. The molecule has 8 nitrogen and oxygen atoms in total. The molecule has 5 rings (SSSR count). The summed E-state index contributed by atoms with van der Waals surface area (Å²) in [6.07, 6.45) is 5.23. The molecule has 0 radical (unpaired) electrons. The fourth-order valence-electron chi connectivity index (χ4n) is 4.63. The van der Waals surface area contributed by atoms with E-state index in [-0.39, 0.29) is 18.0 Å². The normalized spacial score (nSPS) is 18.2. The first-order valence-electron chi connectivity index (χ1n) is 11.3. The third kappa shape index (κ3) is 4.39. The molecule has 170 valence electrons. The third-order valence-electron chi connectivity index (χ3n) is 6.34. The van der Waals surface area contributed by atoms with Gasteiger partial charge in [0.2, 0.25) is 5.95 Å². The van der Waals surface area contributed by atoms with Crippen LogP contribution in [0, 0.1) is 6.92 Å². The fourth-order valence-corrected chi connectivity index (χ4v) is 4.63. The lowest BCUT2D eigenvalue weighted by molar-refractivity contribution is -0.0247. The largest absolute Gasteiger partial charge is 0.374 e. The van der Waals surface area contributed by atoms with Crippen LogP contribution in [0.15, 0.2) is 42.7 Å². The second kappa shape index (κ2) is 8.78. The topological polar surface area (TPSA) is 97.5 Å². The molecule has 1 unspecified atom stereocenters. The van der Waals surface area contributed by atoms with Crippen LogP contribution in [-0.4, -0.2) is 59.0 Å². The smallest absolute Gasteiger partial charge is 0.254 e. The SMILES string of the molecule is Cc1cc(-c2cnc(N)nc2)cc(C2CN(C(=O)c3ccc4c(c3)CCCN4C)CCO2)n1. The third-order valence-corrected chi connectivity index (χ3v) is 6.34. The quantitative estimate of drug-likeness (QED) is 0.663. The maximum absolute atomic E-state index is 13.3. The van der Waals surface area contributed by atoms with Crippen molar-refractivity contribution < 1.29 is 9.53 Å². The number of nitrogens with zero attached hydrogens (tertiary/aromatic N) is 5. The number of fused-ring (bicyclic) bond motifs is 1. The van der Waals surface area contributed by atoms with E-state index in [2.05, 4.69) is 34.0 Å². The van der Waals surface area contributed by atoms with Crippen molar-refractivity contribution in [1.29, 1.82) is 0 Å². The van der Waals surface area contributed by atoms with Crippen LogP contribution >= 0.6 is 0 Å². The highest BCUT2D eigenvalue weighted by Gasteiger charge is 2.28. The summed E-state index contributed by atoms with van der Waals surface area (Å²) in [5, 5.41) is 0. The summed E-state index contributed by atoms with van der Waals surface area (Å²) in [6, 6.07) is 10.0. The highest BCUT2D eigenvalue weighted by molar-refractivity contribution is 5.95. The van der Waals surface area contributed by atoms with Crippen LogP contribution in [-0.2, 0) is 11.2 Å². The van der Waals surface area contributed by atoms with Gasteiger partial charge in [0.05, 0.1) is 18.8 Å². The molecule has 8 heteroatoms. The van der Waals surface area contributed by atoms with Gasteiger partial charge in [-0.25, -0.2) is 9.97 Å². The number of ether oxygens (including phenoxy) is 1. The maximum atomic E-state index is 13.3. The molecule has 0 spiro atoms. The molecular formula is C25H28N6O2. The fraction of sp³-hybridized carbons (Fsp3) is 0.360.